The number of aryl methyl sites for hydroxylation is 2. The summed E-state index contributed by atoms with van der Waals surface area (Å²) in [6, 6.07) is 40.4. The number of fused-ring (bicyclic) bond motifs is 7. The summed E-state index contributed by atoms with van der Waals surface area (Å²) in [5.41, 5.74) is 17.8. The molecule has 0 N–H and O–H groups in total. The van der Waals surface area contributed by atoms with Crippen molar-refractivity contribution in [2.45, 2.75) is 103 Å². The van der Waals surface area contributed by atoms with E-state index < -0.39 is 0 Å². The van der Waals surface area contributed by atoms with Crippen molar-refractivity contribution in [3.8, 4) is 0 Å². The molecule has 2 saturated carbocycles. The van der Waals surface area contributed by atoms with E-state index in [0.717, 1.165) is 102 Å². The van der Waals surface area contributed by atoms with Gasteiger partial charge in [-0.1, -0.05) is 161 Å². The Labute approximate surface area is 402 Å². The third-order valence-corrected chi connectivity index (χ3v) is 15.5. The van der Waals surface area contributed by atoms with Crippen molar-refractivity contribution in [3.05, 3.63) is 210 Å². The number of hydrogen-bond donors (Lipinski definition) is 0. The minimum absolute atomic E-state index is 0.529. The molecule has 3 aliphatic carbocycles. The fourth-order valence-corrected chi connectivity index (χ4v) is 12.0. The van der Waals surface area contributed by atoms with Gasteiger partial charge < -0.3 is 18.6 Å². The van der Waals surface area contributed by atoms with Gasteiger partial charge in [0.15, 0.2) is 11.3 Å². The molecular formula is C64H62N2O2. The van der Waals surface area contributed by atoms with Crippen LogP contribution in [0.2, 0.25) is 0 Å². The maximum absolute atomic E-state index is 7.18. The maximum atomic E-state index is 7.18. The van der Waals surface area contributed by atoms with Crippen molar-refractivity contribution in [3.63, 3.8) is 0 Å². The van der Waals surface area contributed by atoms with E-state index in [4.69, 9.17) is 15.4 Å². The van der Waals surface area contributed by atoms with Crippen LogP contribution in [0.3, 0.4) is 0 Å². The molecule has 0 unspecified atom stereocenters. The number of rotatable bonds is 13. The van der Waals surface area contributed by atoms with E-state index in [-0.39, 0.29) is 0 Å². The van der Waals surface area contributed by atoms with Crippen molar-refractivity contribution < 1.29 is 8.83 Å². The van der Waals surface area contributed by atoms with Gasteiger partial charge in [-0.3, -0.25) is 0 Å². The minimum Gasteiger partial charge on any atom is -0.454 e. The Kier molecular flexibility index (Phi) is 11.7. The van der Waals surface area contributed by atoms with Gasteiger partial charge in [0, 0.05) is 45.3 Å². The highest BCUT2D eigenvalue weighted by atomic mass is 16.3. The lowest BCUT2D eigenvalue weighted by molar-refractivity contribution is 0.576. The third-order valence-electron chi connectivity index (χ3n) is 15.5. The SMILES string of the molecule is C=C/C=C(/C)C(=C)N(Cc1ccc2ccc(N(C3=CCCc4c3oc3c(C5CCCC5)cccc43)c3ccccc3C)cc2c1/C(C=C)=C\C)c1cccc2c1oc1c(C3CCCC3)cccc12. The number of para-hydroxylation sites is 4. The predicted molar refractivity (Wildman–Crippen MR) is 289 cm³/mol. The Morgan fingerprint density at radius 1 is 0.706 bits per heavy atom. The average molecular weight is 891 g/mol. The maximum Gasteiger partial charge on any atom is 0.159 e. The normalized spacial score (nSPS) is 16.0. The van der Waals surface area contributed by atoms with Gasteiger partial charge in [-0.05, 0) is 145 Å². The van der Waals surface area contributed by atoms with E-state index in [9.17, 15) is 0 Å². The van der Waals surface area contributed by atoms with E-state index in [1.165, 1.54) is 84.4 Å². The van der Waals surface area contributed by atoms with Gasteiger partial charge >= 0.3 is 0 Å². The summed E-state index contributed by atoms with van der Waals surface area (Å²) in [5, 5.41) is 5.88. The van der Waals surface area contributed by atoms with Crippen molar-refractivity contribution >= 4 is 72.0 Å². The minimum atomic E-state index is 0.529. The Morgan fingerprint density at radius 2 is 1.35 bits per heavy atom. The lowest BCUT2D eigenvalue weighted by Crippen LogP contribution is -2.23. The van der Waals surface area contributed by atoms with E-state index in [1.54, 1.807) is 0 Å². The summed E-state index contributed by atoms with van der Waals surface area (Å²) in [7, 11) is 0. The van der Waals surface area contributed by atoms with E-state index in [2.05, 4.69) is 165 Å². The second-order valence-electron chi connectivity index (χ2n) is 19.4. The molecular weight excluding hydrogens is 829 g/mol. The number of anilines is 3. The van der Waals surface area contributed by atoms with E-state index >= 15 is 0 Å². The van der Waals surface area contributed by atoms with Gasteiger partial charge in [0.25, 0.3) is 0 Å². The van der Waals surface area contributed by atoms with E-state index in [0.29, 0.717) is 18.4 Å². The van der Waals surface area contributed by atoms with Crippen LogP contribution in [0.25, 0.3) is 55.0 Å². The zero-order valence-electron chi connectivity index (χ0n) is 40.0. The van der Waals surface area contributed by atoms with Gasteiger partial charge in [-0.2, -0.15) is 0 Å². The Bertz CT molecular complexity index is 3390. The van der Waals surface area contributed by atoms with Crippen LogP contribution in [0.4, 0.5) is 17.1 Å². The van der Waals surface area contributed by atoms with Crippen LogP contribution in [-0.2, 0) is 13.0 Å². The highest BCUT2D eigenvalue weighted by Crippen LogP contribution is 2.48. The molecule has 0 aliphatic heterocycles. The molecule has 4 nitrogen and oxygen atoms in total. The standard InChI is InChI=1S/C64H62N2O2/c1-7-20-41(4)43(6)65(58-33-18-30-54-52-28-16-26-50(45-22-11-12-23-45)61(52)67-63(54)58)40-48-36-35-47-37-38-49(39-56(47)60(48)44(8-2)9-3)66(57-32-15-10-21-42(57)5)59-34-19-31-55-53-29-17-27-51(46-24-13-14-25-46)62(53)68-64(55)59/h7-10,15-18,20-21,26-30,32-39,45-46H,1-2,6,11-14,19,22-25,31,40H2,3-5H3/b41-20-,44-9-. The fraction of sp³-hybridized carbons (Fsp3) is 0.250. The molecule has 0 spiro atoms. The van der Waals surface area contributed by atoms with Gasteiger partial charge in [-0.25, -0.2) is 0 Å². The smallest absolute Gasteiger partial charge is 0.159 e. The van der Waals surface area contributed by atoms with Crippen molar-refractivity contribution in [2.24, 2.45) is 0 Å². The number of benzene rings is 6. The third kappa shape index (κ3) is 7.46. The topological polar surface area (TPSA) is 32.8 Å². The van der Waals surface area contributed by atoms with Gasteiger partial charge in [0.2, 0.25) is 0 Å². The molecule has 0 atom stereocenters. The zero-order chi connectivity index (χ0) is 46.5. The molecule has 340 valence electrons. The lowest BCUT2D eigenvalue weighted by Gasteiger charge is -2.31. The first-order valence-electron chi connectivity index (χ1n) is 25.0. The van der Waals surface area contributed by atoms with Crippen molar-refractivity contribution in [1.29, 1.82) is 0 Å². The largest absolute Gasteiger partial charge is 0.454 e. The monoisotopic (exact) mass is 890 g/mol. The van der Waals surface area contributed by atoms with Crippen LogP contribution >= 0.6 is 0 Å². The molecule has 2 heterocycles. The molecule has 2 fully saturated rings. The Balaban J connectivity index is 1.08. The first-order valence-corrected chi connectivity index (χ1v) is 25.0. The molecule has 11 rings (SSSR count). The Morgan fingerprint density at radius 3 is 2.04 bits per heavy atom. The van der Waals surface area contributed by atoms with Crippen molar-refractivity contribution in [2.75, 3.05) is 9.80 Å². The van der Waals surface area contributed by atoms with Crippen LogP contribution in [0, 0.1) is 6.92 Å². The summed E-state index contributed by atoms with van der Waals surface area (Å²) in [5.74, 6) is 2.07. The first-order chi connectivity index (χ1) is 33.4. The summed E-state index contributed by atoms with van der Waals surface area (Å²) < 4.78 is 14.3. The molecule has 2 aromatic heterocycles. The molecule has 6 aromatic carbocycles. The average Bonchev–Trinajstić information content (AvgIpc) is 4.22. The van der Waals surface area contributed by atoms with Gasteiger partial charge in [-0.15, -0.1) is 0 Å². The molecule has 0 saturated heterocycles. The molecule has 0 radical (unpaired) electrons. The fourth-order valence-electron chi connectivity index (χ4n) is 12.0. The molecule has 0 bridgehead atoms. The number of allylic oxidation sites excluding steroid dienone is 7. The number of furan rings is 2. The summed E-state index contributed by atoms with van der Waals surface area (Å²) in [4.78, 5) is 4.79. The number of nitrogens with zero attached hydrogens (tertiary/aromatic N) is 2. The van der Waals surface area contributed by atoms with Crippen LogP contribution in [0.15, 0.2) is 179 Å². The lowest BCUT2D eigenvalue weighted by atomic mass is 9.91. The first kappa shape index (κ1) is 43.5. The molecule has 4 heteroatoms. The van der Waals surface area contributed by atoms with Crippen molar-refractivity contribution in [1.82, 2.24) is 0 Å². The zero-order valence-corrected chi connectivity index (χ0v) is 40.0. The molecule has 68 heavy (non-hydrogen) atoms. The number of hydrogen-bond acceptors (Lipinski definition) is 4. The quantitative estimate of drug-likeness (QED) is 0.108. The molecule has 3 aliphatic rings. The Hall–Kier alpha value is -7.04. The highest BCUT2D eigenvalue weighted by molar-refractivity contribution is 6.10. The van der Waals surface area contributed by atoms with E-state index in [1.807, 2.05) is 18.2 Å². The van der Waals surface area contributed by atoms with Crippen LogP contribution in [0.1, 0.15) is 123 Å². The second kappa shape index (κ2) is 18.2. The summed E-state index contributed by atoms with van der Waals surface area (Å²) in [6.07, 6.45) is 22.4. The predicted octanol–water partition coefficient (Wildman–Crippen LogP) is 18.5. The molecule has 8 aromatic rings. The van der Waals surface area contributed by atoms with Gasteiger partial charge in [0.1, 0.15) is 11.2 Å². The summed E-state index contributed by atoms with van der Waals surface area (Å²) in [6.45, 7) is 20.2. The van der Waals surface area contributed by atoms with Crippen LogP contribution in [0.5, 0.6) is 0 Å². The highest BCUT2D eigenvalue weighted by Gasteiger charge is 2.31. The molecule has 0 amide bonds. The van der Waals surface area contributed by atoms with Gasteiger partial charge in [0.05, 0.1) is 11.4 Å². The van der Waals surface area contributed by atoms with Crippen LogP contribution in [-0.4, -0.2) is 0 Å². The summed E-state index contributed by atoms with van der Waals surface area (Å²) >= 11 is 0. The van der Waals surface area contributed by atoms with Crippen LogP contribution < -0.4 is 9.80 Å². The second-order valence-corrected chi connectivity index (χ2v) is 19.4.